The molecule has 0 spiro atoms. The van der Waals surface area contributed by atoms with Crippen LogP contribution in [0.4, 0.5) is 17.1 Å². The Morgan fingerprint density at radius 1 is 1.04 bits per heavy atom. The summed E-state index contributed by atoms with van der Waals surface area (Å²) in [5.41, 5.74) is 0.982. The molecule has 2 amide bonds. The van der Waals surface area contributed by atoms with Crippen LogP contribution in [0.3, 0.4) is 0 Å². The Hall–Kier alpha value is -3.42. The van der Waals surface area contributed by atoms with Gasteiger partial charge in [0, 0.05) is 37.3 Å². The maximum Gasteiger partial charge on any atom is 0.293 e. The standard InChI is InChI=1S/C17H18N4O4/c1-12(22)18-9-10-19-17(23)13-7-8-15(16(11-13)21(24)25)20-14-5-3-2-4-6-14/h2-8,11,20H,9-10H2,1H3,(H,18,22)(H,19,23). The molecule has 0 aliphatic carbocycles. The topological polar surface area (TPSA) is 113 Å². The van der Waals surface area contributed by atoms with E-state index in [4.69, 9.17) is 0 Å². The fourth-order valence-electron chi connectivity index (χ4n) is 2.12. The van der Waals surface area contributed by atoms with Crippen molar-refractivity contribution in [3.63, 3.8) is 0 Å². The van der Waals surface area contributed by atoms with Gasteiger partial charge in [0.2, 0.25) is 5.91 Å². The molecule has 0 aliphatic heterocycles. The average molecular weight is 342 g/mol. The van der Waals surface area contributed by atoms with Crippen LogP contribution in [-0.4, -0.2) is 29.8 Å². The summed E-state index contributed by atoms with van der Waals surface area (Å²) in [5, 5.41) is 19.4. The molecule has 3 N–H and O–H groups in total. The summed E-state index contributed by atoms with van der Waals surface area (Å²) in [7, 11) is 0. The molecule has 8 nitrogen and oxygen atoms in total. The van der Waals surface area contributed by atoms with Crippen LogP contribution >= 0.6 is 0 Å². The van der Waals surface area contributed by atoms with E-state index in [0.717, 1.165) is 0 Å². The molecule has 8 heteroatoms. The Labute approximate surface area is 144 Å². The molecule has 130 valence electrons. The van der Waals surface area contributed by atoms with E-state index in [2.05, 4.69) is 16.0 Å². The smallest absolute Gasteiger partial charge is 0.293 e. The Bertz CT molecular complexity index is 777. The molecule has 0 radical (unpaired) electrons. The molecule has 0 saturated carbocycles. The SMILES string of the molecule is CC(=O)NCCNC(=O)c1ccc(Nc2ccccc2)c([N+](=O)[O-])c1. The van der Waals surface area contributed by atoms with Crippen molar-refractivity contribution in [3.05, 3.63) is 64.2 Å². The fourth-order valence-corrected chi connectivity index (χ4v) is 2.12. The molecule has 2 aromatic carbocycles. The van der Waals surface area contributed by atoms with Gasteiger partial charge in [-0.15, -0.1) is 0 Å². The average Bonchev–Trinajstić information content (AvgIpc) is 2.59. The molecular formula is C17H18N4O4. The predicted molar refractivity (Wildman–Crippen MR) is 93.8 cm³/mol. The van der Waals surface area contributed by atoms with Gasteiger partial charge in [-0.1, -0.05) is 18.2 Å². The minimum absolute atomic E-state index is 0.174. The molecule has 2 aromatic rings. The van der Waals surface area contributed by atoms with Gasteiger partial charge in [0.15, 0.2) is 0 Å². The highest BCUT2D eigenvalue weighted by molar-refractivity contribution is 5.96. The Balaban J connectivity index is 2.11. The molecular weight excluding hydrogens is 324 g/mol. The summed E-state index contributed by atoms with van der Waals surface area (Å²) in [6.07, 6.45) is 0. The number of amides is 2. The van der Waals surface area contributed by atoms with Crippen LogP contribution in [0.15, 0.2) is 48.5 Å². The van der Waals surface area contributed by atoms with Gasteiger partial charge in [0.25, 0.3) is 11.6 Å². The third-order valence-corrected chi connectivity index (χ3v) is 3.29. The lowest BCUT2D eigenvalue weighted by atomic mass is 10.1. The number of para-hydroxylation sites is 1. The molecule has 2 rings (SSSR count). The van der Waals surface area contributed by atoms with E-state index in [1.54, 1.807) is 12.1 Å². The van der Waals surface area contributed by atoms with Gasteiger partial charge >= 0.3 is 0 Å². The number of hydrogen-bond donors (Lipinski definition) is 3. The zero-order valence-electron chi connectivity index (χ0n) is 13.6. The molecule has 0 bridgehead atoms. The number of benzene rings is 2. The monoisotopic (exact) mass is 342 g/mol. The highest BCUT2D eigenvalue weighted by Gasteiger charge is 2.17. The molecule has 25 heavy (non-hydrogen) atoms. The molecule has 0 aliphatic rings. The second kappa shape index (κ2) is 8.44. The number of rotatable bonds is 7. The molecule has 0 saturated heterocycles. The van der Waals surface area contributed by atoms with E-state index in [9.17, 15) is 19.7 Å². The van der Waals surface area contributed by atoms with Crippen molar-refractivity contribution in [2.45, 2.75) is 6.92 Å². The lowest BCUT2D eigenvalue weighted by molar-refractivity contribution is -0.383. The zero-order valence-corrected chi connectivity index (χ0v) is 13.6. The molecule has 0 unspecified atom stereocenters. The van der Waals surface area contributed by atoms with Gasteiger partial charge in [-0.2, -0.15) is 0 Å². The molecule has 0 atom stereocenters. The summed E-state index contributed by atoms with van der Waals surface area (Å²) >= 11 is 0. The van der Waals surface area contributed by atoms with E-state index in [1.165, 1.54) is 25.1 Å². The highest BCUT2D eigenvalue weighted by atomic mass is 16.6. The first-order valence-corrected chi connectivity index (χ1v) is 7.60. The number of nitrogens with one attached hydrogen (secondary N) is 3. The van der Waals surface area contributed by atoms with Crippen LogP contribution in [0, 0.1) is 10.1 Å². The maximum absolute atomic E-state index is 12.1. The van der Waals surface area contributed by atoms with Crippen LogP contribution < -0.4 is 16.0 Å². The van der Waals surface area contributed by atoms with Crippen molar-refractivity contribution < 1.29 is 14.5 Å². The van der Waals surface area contributed by atoms with Crippen molar-refractivity contribution in [1.82, 2.24) is 10.6 Å². The number of nitrogens with zero attached hydrogens (tertiary/aromatic N) is 1. The lowest BCUT2D eigenvalue weighted by Crippen LogP contribution is -2.33. The van der Waals surface area contributed by atoms with E-state index in [-0.39, 0.29) is 30.2 Å². The van der Waals surface area contributed by atoms with Crippen LogP contribution in [0.2, 0.25) is 0 Å². The van der Waals surface area contributed by atoms with Gasteiger partial charge in [-0.05, 0) is 24.3 Å². The number of carbonyl (C=O) groups is 2. The number of nitro groups is 1. The van der Waals surface area contributed by atoms with E-state index < -0.39 is 10.8 Å². The summed E-state index contributed by atoms with van der Waals surface area (Å²) in [6.45, 7) is 1.90. The fraction of sp³-hybridized carbons (Fsp3) is 0.176. The number of hydrogen-bond acceptors (Lipinski definition) is 5. The third kappa shape index (κ3) is 5.31. The molecule has 0 heterocycles. The number of nitro benzene ring substituents is 1. The van der Waals surface area contributed by atoms with Gasteiger partial charge in [-0.3, -0.25) is 19.7 Å². The molecule has 0 aromatic heterocycles. The predicted octanol–water partition coefficient (Wildman–Crippen LogP) is 2.20. The van der Waals surface area contributed by atoms with Crippen molar-refractivity contribution in [1.29, 1.82) is 0 Å². The first-order chi connectivity index (χ1) is 12.0. The van der Waals surface area contributed by atoms with Crippen molar-refractivity contribution >= 4 is 28.9 Å². The summed E-state index contributed by atoms with van der Waals surface area (Å²) < 4.78 is 0. The quantitative estimate of drug-likeness (QED) is 0.405. The number of carbonyl (C=O) groups excluding carboxylic acids is 2. The Kier molecular flexibility index (Phi) is 6.05. The zero-order chi connectivity index (χ0) is 18.2. The van der Waals surface area contributed by atoms with Gasteiger partial charge in [-0.25, -0.2) is 0 Å². The second-order valence-corrected chi connectivity index (χ2v) is 5.22. The highest BCUT2D eigenvalue weighted by Crippen LogP contribution is 2.28. The van der Waals surface area contributed by atoms with Crippen molar-refractivity contribution in [3.8, 4) is 0 Å². The van der Waals surface area contributed by atoms with E-state index in [1.807, 2.05) is 18.2 Å². The van der Waals surface area contributed by atoms with E-state index in [0.29, 0.717) is 11.4 Å². The van der Waals surface area contributed by atoms with E-state index >= 15 is 0 Å². The minimum atomic E-state index is -0.542. The van der Waals surface area contributed by atoms with Crippen LogP contribution in [0.1, 0.15) is 17.3 Å². The second-order valence-electron chi connectivity index (χ2n) is 5.22. The van der Waals surface area contributed by atoms with Crippen LogP contribution in [-0.2, 0) is 4.79 Å². The molecule has 0 fully saturated rings. The Morgan fingerprint density at radius 2 is 1.72 bits per heavy atom. The van der Waals surface area contributed by atoms with Crippen LogP contribution in [0.25, 0.3) is 0 Å². The van der Waals surface area contributed by atoms with Crippen molar-refractivity contribution in [2.75, 3.05) is 18.4 Å². The van der Waals surface area contributed by atoms with Crippen molar-refractivity contribution in [2.24, 2.45) is 0 Å². The van der Waals surface area contributed by atoms with Gasteiger partial charge < -0.3 is 16.0 Å². The van der Waals surface area contributed by atoms with Crippen LogP contribution in [0.5, 0.6) is 0 Å². The van der Waals surface area contributed by atoms with Gasteiger partial charge in [0.1, 0.15) is 5.69 Å². The first kappa shape index (κ1) is 17.9. The minimum Gasteiger partial charge on any atom is -0.355 e. The first-order valence-electron chi connectivity index (χ1n) is 7.60. The third-order valence-electron chi connectivity index (χ3n) is 3.29. The summed E-state index contributed by atoms with van der Waals surface area (Å²) in [6, 6.07) is 13.3. The maximum atomic E-state index is 12.1. The lowest BCUT2D eigenvalue weighted by Gasteiger charge is -2.09. The van der Waals surface area contributed by atoms with Gasteiger partial charge in [0.05, 0.1) is 4.92 Å². The Morgan fingerprint density at radius 3 is 2.36 bits per heavy atom. The normalized spacial score (nSPS) is 9.96. The largest absolute Gasteiger partial charge is 0.355 e. The summed E-state index contributed by atoms with van der Waals surface area (Å²) in [5.74, 6) is -0.638. The number of anilines is 2. The summed E-state index contributed by atoms with van der Waals surface area (Å²) in [4.78, 5) is 33.6.